The highest BCUT2D eigenvalue weighted by molar-refractivity contribution is 4.92. The van der Waals surface area contributed by atoms with Gasteiger partial charge >= 0.3 is 0 Å². The van der Waals surface area contributed by atoms with Gasteiger partial charge in [0.2, 0.25) is 0 Å². The largest absolute Gasteiger partial charge is 0.103 e. The first-order chi connectivity index (χ1) is 14.3. The summed E-state index contributed by atoms with van der Waals surface area (Å²) < 4.78 is 0. The van der Waals surface area contributed by atoms with Gasteiger partial charge < -0.3 is 0 Å². The molecule has 0 aromatic rings. The number of rotatable bonds is 10. The summed E-state index contributed by atoms with van der Waals surface area (Å²) in [5.74, 6) is 6.14. The smallest absolute Gasteiger partial charge is 0.0233 e. The third kappa shape index (κ3) is 7.91. The zero-order chi connectivity index (χ0) is 20.3. The Kier molecular flexibility index (Phi) is 10.4. The van der Waals surface area contributed by atoms with Crippen molar-refractivity contribution in [1.29, 1.82) is 0 Å². The molecule has 0 N–H and O–H groups in total. The molecule has 0 heteroatoms. The fraction of sp³-hybridized carbons (Fsp3) is 0.862. The van der Waals surface area contributed by atoms with E-state index in [2.05, 4.69) is 31.7 Å². The normalized spacial score (nSPS) is 36.3. The van der Waals surface area contributed by atoms with Crippen molar-refractivity contribution in [2.45, 2.75) is 122 Å². The summed E-state index contributed by atoms with van der Waals surface area (Å²) in [7, 11) is 0. The molecule has 0 aromatic carbocycles. The molecule has 3 aliphatic carbocycles. The summed E-state index contributed by atoms with van der Waals surface area (Å²) >= 11 is 0. The number of hydrogen-bond acceptors (Lipinski definition) is 0. The Morgan fingerprint density at radius 3 is 1.62 bits per heavy atom. The molecule has 0 aliphatic heterocycles. The van der Waals surface area contributed by atoms with Gasteiger partial charge in [-0.3, -0.25) is 0 Å². The molecule has 0 aromatic heterocycles. The van der Waals surface area contributed by atoms with Crippen LogP contribution >= 0.6 is 0 Å². The van der Waals surface area contributed by atoms with Gasteiger partial charge in [0.25, 0.3) is 0 Å². The molecule has 3 fully saturated rings. The Bertz CT molecular complexity index is 450. The van der Waals surface area contributed by atoms with Crippen LogP contribution in [0.3, 0.4) is 0 Å². The molecule has 0 amide bonds. The van der Waals surface area contributed by atoms with E-state index in [1.807, 2.05) is 0 Å². The quantitative estimate of drug-likeness (QED) is 0.321. The highest BCUT2D eigenvalue weighted by atomic mass is 14.4. The Hall–Kier alpha value is -0.520. The molecule has 3 rings (SSSR count). The van der Waals surface area contributed by atoms with E-state index < -0.39 is 0 Å². The maximum atomic E-state index is 3.87. The zero-order valence-electron chi connectivity index (χ0n) is 19.6. The molecule has 0 spiro atoms. The standard InChI is InChI=1S/C29H50/c1-3-5-9-25-12-14-26(15-13-25)10-6-7-11-27-18-22-29(23-19-27)28-20-16-24(8-4-2)17-21-28/h3,6,10,24-29H,1,4-5,7-9,11-23H2,2H3/b10-6+. The third-order valence-corrected chi connectivity index (χ3v) is 8.97. The molecule has 3 aliphatic rings. The van der Waals surface area contributed by atoms with Crippen molar-refractivity contribution in [2.24, 2.45) is 35.5 Å². The number of hydrogen-bond donors (Lipinski definition) is 0. The Morgan fingerprint density at radius 2 is 1.10 bits per heavy atom. The van der Waals surface area contributed by atoms with Crippen molar-refractivity contribution in [2.75, 3.05) is 0 Å². The Morgan fingerprint density at radius 1 is 0.621 bits per heavy atom. The van der Waals surface area contributed by atoms with E-state index in [9.17, 15) is 0 Å². The molecule has 0 bridgehead atoms. The first kappa shape index (κ1) is 23.1. The van der Waals surface area contributed by atoms with E-state index in [4.69, 9.17) is 0 Å². The molecule has 29 heavy (non-hydrogen) atoms. The predicted molar refractivity (Wildman–Crippen MR) is 129 cm³/mol. The van der Waals surface area contributed by atoms with Gasteiger partial charge in [0, 0.05) is 0 Å². The van der Waals surface area contributed by atoms with Crippen LogP contribution < -0.4 is 0 Å². The first-order valence-electron chi connectivity index (χ1n) is 13.6. The van der Waals surface area contributed by atoms with Crippen LogP contribution in [0.15, 0.2) is 24.8 Å². The van der Waals surface area contributed by atoms with Crippen LogP contribution in [0.2, 0.25) is 0 Å². The average molecular weight is 399 g/mol. The van der Waals surface area contributed by atoms with Gasteiger partial charge in [0.1, 0.15) is 0 Å². The van der Waals surface area contributed by atoms with Gasteiger partial charge in [0.05, 0.1) is 0 Å². The SMILES string of the molecule is C=CCCC1CCC(/C=C/CCC2CCC(C3CCC(CCC)CC3)CC2)CC1. The fourth-order valence-corrected chi connectivity index (χ4v) is 6.95. The molecule has 0 nitrogen and oxygen atoms in total. The van der Waals surface area contributed by atoms with Gasteiger partial charge in [-0.2, -0.15) is 0 Å². The highest BCUT2D eigenvalue weighted by Crippen LogP contribution is 2.43. The minimum atomic E-state index is 0.883. The van der Waals surface area contributed by atoms with Crippen molar-refractivity contribution < 1.29 is 0 Å². The molecule has 0 atom stereocenters. The van der Waals surface area contributed by atoms with Gasteiger partial charge in [-0.1, -0.05) is 63.7 Å². The molecular formula is C29H50. The summed E-state index contributed by atoms with van der Waals surface area (Å²) in [6.07, 6.45) is 33.6. The van der Waals surface area contributed by atoms with Crippen LogP contribution in [-0.2, 0) is 0 Å². The fourth-order valence-electron chi connectivity index (χ4n) is 6.95. The minimum absolute atomic E-state index is 0.883. The molecule has 0 saturated heterocycles. The molecule has 0 unspecified atom stereocenters. The van der Waals surface area contributed by atoms with Crippen LogP contribution in [0.25, 0.3) is 0 Å². The van der Waals surface area contributed by atoms with E-state index in [-0.39, 0.29) is 0 Å². The molecule has 0 heterocycles. The van der Waals surface area contributed by atoms with Crippen LogP contribution in [0.5, 0.6) is 0 Å². The van der Waals surface area contributed by atoms with E-state index in [0.717, 1.165) is 35.5 Å². The zero-order valence-corrected chi connectivity index (χ0v) is 19.6. The highest BCUT2D eigenvalue weighted by Gasteiger charge is 2.30. The average Bonchev–Trinajstić information content (AvgIpc) is 2.77. The van der Waals surface area contributed by atoms with Crippen molar-refractivity contribution in [1.82, 2.24) is 0 Å². The van der Waals surface area contributed by atoms with Crippen LogP contribution in [-0.4, -0.2) is 0 Å². The second-order valence-corrected chi connectivity index (χ2v) is 11.0. The Balaban J connectivity index is 1.24. The molecular weight excluding hydrogens is 348 g/mol. The summed E-state index contributed by atoms with van der Waals surface area (Å²) in [6, 6.07) is 0. The lowest BCUT2D eigenvalue weighted by Crippen LogP contribution is -2.25. The Labute approximate surface area is 183 Å². The van der Waals surface area contributed by atoms with Crippen LogP contribution in [0.1, 0.15) is 122 Å². The van der Waals surface area contributed by atoms with E-state index >= 15 is 0 Å². The van der Waals surface area contributed by atoms with Gasteiger partial charge in [-0.15, -0.1) is 6.58 Å². The van der Waals surface area contributed by atoms with Gasteiger partial charge in [0.15, 0.2) is 0 Å². The summed E-state index contributed by atoms with van der Waals surface area (Å²) in [6.45, 7) is 6.23. The first-order valence-corrected chi connectivity index (χ1v) is 13.6. The van der Waals surface area contributed by atoms with E-state index in [1.54, 1.807) is 38.5 Å². The monoisotopic (exact) mass is 398 g/mol. The van der Waals surface area contributed by atoms with Crippen molar-refractivity contribution >= 4 is 0 Å². The second kappa shape index (κ2) is 13.0. The lowest BCUT2D eigenvalue weighted by molar-refractivity contribution is 0.141. The van der Waals surface area contributed by atoms with E-state index in [1.165, 1.54) is 77.0 Å². The summed E-state index contributed by atoms with van der Waals surface area (Å²) in [5, 5.41) is 0. The number of allylic oxidation sites excluding steroid dienone is 3. The van der Waals surface area contributed by atoms with Gasteiger partial charge in [-0.05, 0) is 113 Å². The minimum Gasteiger partial charge on any atom is -0.103 e. The maximum Gasteiger partial charge on any atom is -0.0233 e. The lowest BCUT2D eigenvalue weighted by Gasteiger charge is -2.38. The molecule has 166 valence electrons. The predicted octanol–water partition coefficient (Wildman–Crippen LogP) is 9.51. The maximum absolute atomic E-state index is 3.87. The van der Waals surface area contributed by atoms with Gasteiger partial charge in [-0.25, -0.2) is 0 Å². The third-order valence-electron chi connectivity index (χ3n) is 8.97. The van der Waals surface area contributed by atoms with E-state index in [0.29, 0.717) is 0 Å². The summed E-state index contributed by atoms with van der Waals surface area (Å²) in [5.41, 5.74) is 0. The lowest BCUT2D eigenvalue weighted by atomic mass is 9.68. The topological polar surface area (TPSA) is 0 Å². The van der Waals surface area contributed by atoms with Crippen molar-refractivity contribution in [3.63, 3.8) is 0 Å². The molecule has 3 saturated carbocycles. The van der Waals surface area contributed by atoms with Crippen molar-refractivity contribution in [3.8, 4) is 0 Å². The molecule has 0 radical (unpaired) electrons. The van der Waals surface area contributed by atoms with Crippen LogP contribution in [0, 0.1) is 35.5 Å². The van der Waals surface area contributed by atoms with Crippen molar-refractivity contribution in [3.05, 3.63) is 24.8 Å². The van der Waals surface area contributed by atoms with Crippen LogP contribution in [0.4, 0.5) is 0 Å². The second-order valence-electron chi connectivity index (χ2n) is 11.0. The summed E-state index contributed by atoms with van der Waals surface area (Å²) in [4.78, 5) is 0.